The number of ketones is 1. The molecule has 0 amide bonds. The van der Waals surface area contributed by atoms with Gasteiger partial charge < -0.3 is 5.32 Å². The van der Waals surface area contributed by atoms with Gasteiger partial charge in [0.05, 0.1) is 0 Å². The van der Waals surface area contributed by atoms with Crippen LogP contribution in [0.2, 0.25) is 5.28 Å². The largest absolute Gasteiger partial charge is 0.340 e. The van der Waals surface area contributed by atoms with Gasteiger partial charge in [-0.2, -0.15) is 0 Å². The molecule has 0 radical (unpaired) electrons. The number of anilines is 2. The summed E-state index contributed by atoms with van der Waals surface area (Å²) in [6.07, 6.45) is 3.27. The Hall–Kier alpha value is -2.20. The van der Waals surface area contributed by atoms with E-state index in [1.165, 1.54) is 6.08 Å². The van der Waals surface area contributed by atoms with E-state index in [1.54, 1.807) is 6.20 Å². The lowest BCUT2D eigenvalue weighted by molar-refractivity contribution is -0.114. The van der Waals surface area contributed by atoms with Gasteiger partial charge in [0.15, 0.2) is 5.78 Å². The van der Waals surface area contributed by atoms with Gasteiger partial charge in [-0.1, -0.05) is 24.8 Å². The molecule has 1 heterocycles. The first kappa shape index (κ1) is 14.2. The van der Waals surface area contributed by atoms with Gasteiger partial charge in [-0.05, 0) is 36.2 Å². The molecule has 1 aromatic heterocycles. The molecule has 0 aliphatic heterocycles. The smallest absolute Gasteiger partial charge is 0.224 e. The van der Waals surface area contributed by atoms with Gasteiger partial charge in [0, 0.05) is 23.9 Å². The quantitative estimate of drug-likeness (QED) is 0.676. The van der Waals surface area contributed by atoms with Crippen molar-refractivity contribution in [3.63, 3.8) is 0 Å². The predicted molar refractivity (Wildman–Crippen MR) is 80.4 cm³/mol. The third-order valence-corrected chi connectivity index (χ3v) is 2.99. The molecule has 0 saturated heterocycles. The van der Waals surface area contributed by atoms with Gasteiger partial charge in [0.1, 0.15) is 5.82 Å². The Labute approximate surface area is 122 Å². The number of halogens is 1. The van der Waals surface area contributed by atoms with E-state index >= 15 is 0 Å². The third kappa shape index (κ3) is 3.42. The maximum atomic E-state index is 11.5. The number of nitrogens with zero attached hydrogens (tertiary/aromatic N) is 2. The van der Waals surface area contributed by atoms with E-state index in [-0.39, 0.29) is 11.1 Å². The molecule has 102 valence electrons. The standard InChI is InChI=1S/C15H14ClN3O/c1-3-12(20)8-11-6-4-5-7-13(11)18-14-10(2)9-17-15(16)19-14/h3-7,9H,1,8H2,2H3,(H,17,18,19). The van der Waals surface area contributed by atoms with Crippen LogP contribution in [0.3, 0.4) is 0 Å². The molecule has 0 aliphatic rings. The highest BCUT2D eigenvalue weighted by Crippen LogP contribution is 2.23. The Kier molecular flexibility index (Phi) is 4.48. The summed E-state index contributed by atoms with van der Waals surface area (Å²) in [5.41, 5.74) is 2.58. The Balaban J connectivity index is 2.31. The van der Waals surface area contributed by atoms with E-state index in [0.29, 0.717) is 12.2 Å². The van der Waals surface area contributed by atoms with Crippen molar-refractivity contribution in [3.05, 3.63) is 59.5 Å². The van der Waals surface area contributed by atoms with Crippen LogP contribution in [-0.2, 0) is 11.2 Å². The number of aryl methyl sites for hydroxylation is 1. The minimum absolute atomic E-state index is 0.0308. The summed E-state index contributed by atoms with van der Waals surface area (Å²) in [6, 6.07) is 7.56. The number of aromatic nitrogens is 2. The van der Waals surface area contributed by atoms with Crippen LogP contribution in [0.1, 0.15) is 11.1 Å². The van der Waals surface area contributed by atoms with Crippen molar-refractivity contribution >= 4 is 28.9 Å². The van der Waals surface area contributed by atoms with Gasteiger partial charge in [0.2, 0.25) is 5.28 Å². The second-order valence-corrected chi connectivity index (χ2v) is 4.64. The van der Waals surface area contributed by atoms with Gasteiger partial charge in [-0.3, -0.25) is 4.79 Å². The number of allylic oxidation sites excluding steroid dienone is 1. The van der Waals surface area contributed by atoms with Crippen molar-refractivity contribution in [2.24, 2.45) is 0 Å². The molecule has 0 bridgehead atoms. The topological polar surface area (TPSA) is 54.9 Å². The number of carbonyl (C=O) groups excluding carboxylic acids is 1. The molecule has 20 heavy (non-hydrogen) atoms. The zero-order chi connectivity index (χ0) is 14.5. The van der Waals surface area contributed by atoms with E-state index < -0.39 is 0 Å². The zero-order valence-corrected chi connectivity index (χ0v) is 11.8. The number of carbonyl (C=O) groups is 1. The van der Waals surface area contributed by atoms with Crippen molar-refractivity contribution in [1.82, 2.24) is 9.97 Å². The number of nitrogens with one attached hydrogen (secondary N) is 1. The van der Waals surface area contributed by atoms with Crippen LogP contribution in [0.15, 0.2) is 43.1 Å². The van der Waals surface area contributed by atoms with Crippen LogP contribution in [0.5, 0.6) is 0 Å². The minimum atomic E-state index is -0.0308. The number of hydrogen-bond donors (Lipinski definition) is 1. The van der Waals surface area contributed by atoms with E-state index in [4.69, 9.17) is 11.6 Å². The second kappa shape index (κ2) is 6.30. The van der Waals surface area contributed by atoms with Crippen molar-refractivity contribution in [3.8, 4) is 0 Å². The summed E-state index contributed by atoms with van der Waals surface area (Å²) >= 11 is 5.80. The lowest BCUT2D eigenvalue weighted by Crippen LogP contribution is -2.04. The summed E-state index contributed by atoms with van der Waals surface area (Å²) in [4.78, 5) is 19.6. The molecule has 0 saturated carbocycles. The van der Waals surface area contributed by atoms with E-state index in [9.17, 15) is 4.79 Å². The minimum Gasteiger partial charge on any atom is -0.340 e. The maximum absolute atomic E-state index is 11.5. The Bertz CT molecular complexity index is 655. The monoisotopic (exact) mass is 287 g/mol. The molecule has 0 aliphatic carbocycles. The molecule has 2 rings (SSSR count). The fourth-order valence-corrected chi connectivity index (χ4v) is 1.86. The molecular weight excluding hydrogens is 274 g/mol. The number of rotatable bonds is 5. The fraction of sp³-hybridized carbons (Fsp3) is 0.133. The van der Waals surface area contributed by atoms with Crippen molar-refractivity contribution in [1.29, 1.82) is 0 Å². The van der Waals surface area contributed by atoms with Gasteiger partial charge >= 0.3 is 0 Å². The summed E-state index contributed by atoms with van der Waals surface area (Å²) in [7, 11) is 0. The number of benzene rings is 1. The normalized spacial score (nSPS) is 10.1. The second-order valence-electron chi connectivity index (χ2n) is 4.30. The molecule has 1 aromatic carbocycles. The molecule has 0 spiro atoms. The summed E-state index contributed by atoms with van der Waals surface area (Å²) < 4.78 is 0. The van der Waals surface area contributed by atoms with Gasteiger partial charge in [0.25, 0.3) is 0 Å². The van der Waals surface area contributed by atoms with Gasteiger partial charge in [-0.25, -0.2) is 9.97 Å². The first-order valence-corrected chi connectivity index (χ1v) is 6.47. The SMILES string of the molecule is C=CC(=O)Cc1ccccc1Nc1nc(Cl)ncc1C. The molecule has 4 nitrogen and oxygen atoms in total. The average Bonchev–Trinajstić information content (AvgIpc) is 2.44. The Morgan fingerprint density at radius 3 is 2.95 bits per heavy atom. The molecule has 2 aromatic rings. The van der Waals surface area contributed by atoms with E-state index in [1.807, 2.05) is 31.2 Å². The number of para-hydroxylation sites is 1. The summed E-state index contributed by atoms with van der Waals surface area (Å²) in [5.74, 6) is 0.597. The maximum Gasteiger partial charge on any atom is 0.224 e. The molecule has 0 atom stereocenters. The number of hydrogen-bond acceptors (Lipinski definition) is 4. The first-order valence-electron chi connectivity index (χ1n) is 6.09. The lowest BCUT2D eigenvalue weighted by Gasteiger charge is -2.12. The molecular formula is C15H14ClN3O. The third-order valence-electron chi connectivity index (χ3n) is 2.81. The Morgan fingerprint density at radius 2 is 2.20 bits per heavy atom. The zero-order valence-electron chi connectivity index (χ0n) is 11.1. The van der Waals surface area contributed by atoms with E-state index in [2.05, 4.69) is 21.9 Å². The van der Waals surface area contributed by atoms with Crippen molar-refractivity contribution in [2.45, 2.75) is 13.3 Å². The summed E-state index contributed by atoms with van der Waals surface area (Å²) in [5, 5.41) is 3.37. The van der Waals surface area contributed by atoms with Crippen LogP contribution in [0.25, 0.3) is 0 Å². The Morgan fingerprint density at radius 1 is 1.45 bits per heavy atom. The highest BCUT2D eigenvalue weighted by molar-refractivity contribution is 6.28. The van der Waals surface area contributed by atoms with Crippen LogP contribution >= 0.6 is 11.6 Å². The van der Waals surface area contributed by atoms with Crippen molar-refractivity contribution in [2.75, 3.05) is 5.32 Å². The molecule has 5 heteroatoms. The molecule has 0 unspecified atom stereocenters. The van der Waals surface area contributed by atoms with Crippen LogP contribution < -0.4 is 5.32 Å². The predicted octanol–water partition coefficient (Wildman–Crippen LogP) is 3.48. The average molecular weight is 288 g/mol. The lowest BCUT2D eigenvalue weighted by atomic mass is 10.1. The van der Waals surface area contributed by atoms with Crippen LogP contribution in [0, 0.1) is 6.92 Å². The van der Waals surface area contributed by atoms with Crippen molar-refractivity contribution < 1.29 is 4.79 Å². The van der Waals surface area contributed by atoms with Crippen LogP contribution in [-0.4, -0.2) is 15.8 Å². The van der Waals surface area contributed by atoms with Gasteiger partial charge in [-0.15, -0.1) is 0 Å². The van der Waals surface area contributed by atoms with E-state index in [0.717, 1.165) is 16.8 Å². The molecule has 1 N–H and O–H groups in total. The highest BCUT2D eigenvalue weighted by atomic mass is 35.5. The van der Waals surface area contributed by atoms with Crippen LogP contribution in [0.4, 0.5) is 11.5 Å². The first-order chi connectivity index (χ1) is 9.60. The highest BCUT2D eigenvalue weighted by Gasteiger charge is 2.08. The fourth-order valence-electron chi connectivity index (χ4n) is 1.73. The summed E-state index contributed by atoms with van der Waals surface area (Å²) in [6.45, 7) is 5.37. The molecule has 0 fully saturated rings.